The van der Waals surface area contributed by atoms with Gasteiger partial charge in [-0.3, -0.25) is 9.59 Å². The zero-order chi connectivity index (χ0) is 22.0. The van der Waals surface area contributed by atoms with Crippen molar-refractivity contribution in [2.24, 2.45) is 0 Å². The molecule has 0 aliphatic carbocycles. The van der Waals surface area contributed by atoms with Crippen LogP contribution in [0.15, 0.2) is 57.5 Å². The molecule has 4 aromatic rings. The maximum Gasteiger partial charge on any atom is 0.244 e. The zero-order valence-corrected chi connectivity index (χ0v) is 17.7. The van der Waals surface area contributed by atoms with E-state index >= 15 is 0 Å². The van der Waals surface area contributed by atoms with E-state index in [0.29, 0.717) is 27.7 Å². The van der Waals surface area contributed by atoms with Gasteiger partial charge in [0.15, 0.2) is 5.58 Å². The molecule has 0 bridgehead atoms. The van der Waals surface area contributed by atoms with Crippen molar-refractivity contribution < 1.29 is 18.5 Å². The van der Waals surface area contributed by atoms with E-state index in [9.17, 15) is 9.59 Å². The molecule has 2 aromatic carbocycles. The van der Waals surface area contributed by atoms with Crippen molar-refractivity contribution in [3.63, 3.8) is 0 Å². The second-order valence-electron chi connectivity index (χ2n) is 7.12. The molecule has 0 spiro atoms. The zero-order valence-electron chi connectivity index (χ0n) is 16.9. The number of benzene rings is 2. The Morgan fingerprint density at radius 3 is 2.58 bits per heavy atom. The Labute approximate surface area is 183 Å². The average Bonchev–Trinajstić information content (AvgIpc) is 3.33. The first-order chi connectivity index (χ1) is 14.9. The third kappa shape index (κ3) is 4.44. The van der Waals surface area contributed by atoms with E-state index in [2.05, 4.69) is 10.5 Å². The van der Waals surface area contributed by atoms with Gasteiger partial charge in [-0.25, -0.2) is 0 Å². The lowest BCUT2D eigenvalue weighted by atomic mass is 10.0. The Morgan fingerprint density at radius 2 is 1.90 bits per heavy atom. The Hall–Kier alpha value is -3.64. The summed E-state index contributed by atoms with van der Waals surface area (Å²) in [7, 11) is 0. The number of hydrogen-bond donors (Lipinski definition) is 1. The van der Waals surface area contributed by atoms with Crippen LogP contribution in [-0.4, -0.2) is 17.4 Å². The average molecular weight is 435 g/mol. The molecular formula is C24H19ClN2O4. The van der Waals surface area contributed by atoms with Crippen molar-refractivity contribution in [3.8, 4) is 11.1 Å². The summed E-state index contributed by atoms with van der Waals surface area (Å²) in [5, 5.41) is 7.96. The van der Waals surface area contributed by atoms with E-state index in [1.165, 1.54) is 6.08 Å². The molecule has 0 aliphatic heterocycles. The number of fused-ring (bicyclic) bond motifs is 1. The molecule has 2 heterocycles. The summed E-state index contributed by atoms with van der Waals surface area (Å²) in [6, 6.07) is 12.9. The van der Waals surface area contributed by atoms with Crippen LogP contribution in [0.4, 0.5) is 0 Å². The molecule has 0 saturated heterocycles. The Balaban J connectivity index is 1.49. The number of hydrogen-bond acceptors (Lipinski definition) is 5. The van der Waals surface area contributed by atoms with E-state index in [1.54, 1.807) is 25.1 Å². The maximum atomic E-state index is 12.2. The minimum absolute atomic E-state index is 0.221. The van der Waals surface area contributed by atoms with Crippen LogP contribution in [0.2, 0.25) is 5.02 Å². The molecule has 1 amide bonds. The van der Waals surface area contributed by atoms with Gasteiger partial charge in [0.25, 0.3) is 0 Å². The third-order valence-electron chi connectivity index (χ3n) is 4.93. The summed E-state index contributed by atoms with van der Waals surface area (Å²) in [4.78, 5) is 23.0. The van der Waals surface area contributed by atoms with Crippen LogP contribution in [-0.2, 0) is 11.3 Å². The van der Waals surface area contributed by atoms with Crippen molar-refractivity contribution in [2.75, 3.05) is 0 Å². The van der Waals surface area contributed by atoms with E-state index in [1.807, 2.05) is 37.3 Å². The predicted octanol–water partition coefficient (Wildman–Crippen LogP) is 5.50. The molecule has 6 nitrogen and oxygen atoms in total. The van der Waals surface area contributed by atoms with Gasteiger partial charge >= 0.3 is 0 Å². The highest BCUT2D eigenvalue weighted by Gasteiger charge is 2.12. The largest absolute Gasteiger partial charge is 0.458 e. The highest BCUT2D eigenvalue weighted by Crippen LogP contribution is 2.33. The Bertz CT molecular complexity index is 1280. The van der Waals surface area contributed by atoms with Gasteiger partial charge in [-0.15, -0.1) is 0 Å². The van der Waals surface area contributed by atoms with Crippen LogP contribution < -0.4 is 5.32 Å². The summed E-state index contributed by atoms with van der Waals surface area (Å²) in [5.41, 5.74) is 4.54. The van der Waals surface area contributed by atoms with Crippen LogP contribution in [0.5, 0.6) is 0 Å². The quantitative estimate of drug-likeness (QED) is 0.320. The lowest BCUT2D eigenvalue weighted by molar-refractivity contribution is -0.116. The van der Waals surface area contributed by atoms with Crippen molar-refractivity contribution >= 4 is 40.8 Å². The van der Waals surface area contributed by atoms with E-state index < -0.39 is 0 Å². The molecule has 1 N–H and O–H groups in total. The second kappa shape index (κ2) is 8.62. The number of aldehydes is 1. The number of nitrogens with one attached hydrogen (secondary N) is 1. The SMILES string of the molecule is Cc1noc(C)c1/C=C/C(=O)NCc1cc2cc(-c3ccc(C=O)cc3)cc(Cl)c2o1. The lowest BCUT2D eigenvalue weighted by Gasteiger charge is -2.03. The standard InChI is InChI=1S/C24H19ClN2O4/c1-14-21(15(2)31-27-14)7-8-23(29)26-12-20-10-19-9-18(11-22(25)24(19)30-20)17-5-3-16(13-28)4-6-17/h3-11,13H,12H2,1-2H3,(H,26,29)/b8-7+. The van der Waals surface area contributed by atoms with Gasteiger partial charge in [-0.1, -0.05) is 41.0 Å². The number of aromatic nitrogens is 1. The van der Waals surface area contributed by atoms with Crippen molar-refractivity contribution in [2.45, 2.75) is 20.4 Å². The number of amides is 1. The first kappa shape index (κ1) is 20.6. The van der Waals surface area contributed by atoms with Crippen molar-refractivity contribution in [1.82, 2.24) is 10.5 Å². The van der Waals surface area contributed by atoms with Crippen LogP contribution in [0.1, 0.15) is 33.1 Å². The van der Waals surface area contributed by atoms with E-state index in [4.69, 9.17) is 20.5 Å². The number of carbonyl (C=O) groups excluding carboxylic acids is 2. The van der Waals surface area contributed by atoms with Gasteiger partial charge in [0.1, 0.15) is 17.8 Å². The first-order valence-electron chi connectivity index (χ1n) is 9.61. The van der Waals surface area contributed by atoms with Crippen LogP contribution in [0, 0.1) is 13.8 Å². The van der Waals surface area contributed by atoms with Crippen molar-refractivity contribution in [1.29, 1.82) is 0 Å². The van der Waals surface area contributed by atoms with Gasteiger partial charge in [-0.2, -0.15) is 0 Å². The summed E-state index contributed by atoms with van der Waals surface area (Å²) in [6.07, 6.45) is 3.91. The molecule has 0 atom stereocenters. The van der Waals surface area contributed by atoms with Crippen LogP contribution in [0.3, 0.4) is 0 Å². The molecule has 2 aromatic heterocycles. The number of carbonyl (C=O) groups is 2. The fourth-order valence-corrected chi connectivity index (χ4v) is 3.56. The third-order valence-corrected chi connectivity index (χ3v) is 5.21. The van der Waals surface area contributed by atoms with Gasteiger partial charge in [0.05, 0.1) is 17.3 Å². The molecule has 0 saturated carbocycles. The molecule has 7 heteroatoms. The highest BCUT2D eigenvalue weighted by molar-refractivity contribution is 6.35. The Kier molecular flexibility index (Phi) is 5.73. The molecule has 156 valence electrons. The smallest absolute Gasteiger partial charge is 0.244 e. The second-order valence-corrected chi connectivity index (χ2v) is 7.53. The molecular weight excluding hydrogens is 416 g/mol. The fourth-order valence-electron chi connectivity index (χ4n) is 3.29. The number of furan rings is 1. The van der Waals surface area contributed by atoms with Gasteiger partial charge in [-0.05, 0) is 49.2 Å². The molecule has 31 heavy (non-hydrogen) atoms. The normalized spacial score (nSPS) is 11.3. The molecule has 0 aliphatic rings. The first-order valence-corrected chi connectivity index (χ1v) is 9.99. The number of aryl methyl sites for hydroxylation is 2. The fraction of sp³-hybridized carbons (Fsp3) is 0.125. The van der Waals surface area contributed by atoms with Crippen LogP contribution in [0.25, 0.3) is 28.2 Å². The molecule has 4 rings (SSSR count). The molecule has 0 radical (unpaired) electrons. The molecule has 0 unspecified atom stereocenters. The minimum Gasteiger partial charge on any atom is -0.458 e. The monoisotopic (exact) mass is 434 g/mol. The van der Waals surface area contributed by atoms with Gasteiger partial charge < -0.3 is 14.3 Å². The summed E-state index contributed by atoms with van der Waals surface area (Å²) >= 11 is 6.42. The van der Waals surface area contributed by atoms with Gasteiger partial charge in [0, 0.05) is 22.6 Å². The van der Waals surface area contributed by atoms with Gasteiger partial charge in [0.2, 0.25) is 5.91 Å². The number of nitrogens with zero attached hydrogens (tertiary/aromatic N) is 1. The summed E-state index contributed by atoms with van der Waals surface area (Å²) < 4.78 is 10.9. The number of rotatable bonds is 6. The predicted molar refractivity (Wildman–Crippen MR) is 119 cm³/mol. The Morgan fingerprint density at radius 1 is 1.13 bits per heavy atom. The lowest BCUT2D eigenvalue weighted by Crippen LogP contribution is -2.19. The minimum atomic E-state index is -0.262. The van der Waals surface area contributed by atoms with Crippen LogP contribution >= 0.6 is 11.6 Å². The highest BCUT2D eigenvalue weighted by atomic mass is 35.5. The maximum absolute atomic E-state index is 12.2. The van der Waals surface area contributed by atoms with E-state index in [-0.39, 0.29) is 12.5 Å². The summed E-state index contributed by atoms with van der Waals surface area (Å²) in [6.45, 7) is 3.83. The topological polar surface area (TPSA) is 85.3 Å². The molecule has 0 fully saturated rings. The van der Waals surface area contributed by atoms with E-state index in [0.717, 1.165) is 34.1 Å². The summed E-state index contributed by atoms with van der Waals surface area (Å²) in [5.74, 6) is 0.983. The van der Waals surface area contributed by atoms with Crippen molar-refractivity contribution in [3.05, 3.63) is 81.9 Å². The number of halogens is 1.